The number of urea groups is 1. The SMILES string of the molecule is CCNC1CCN(C(C)C(=O)NC(N)=O)CC1C. The zero-order chi connectivity index (χ0) is 13.7. The van der Waals surface area contributed by atoms with Crippen LogP contribution >= 0.6 is 0 Å². The van der Waals surface area contributed by atoms with Gasteiger partial charge in [-0.1, -0.05) is 13.8 Å². The first-order chi connectivity index (χ1) is 8.45. The summed E-state index contributed by atoms with van der Waals surface area (Å²) in [5.41, 5.74) is 4.95. The molecular formula is C12H24N4O2. The van der Waals surface area contributed by atoms with Crippen molar-refractivity contribution < 1.29 is 9.59 Å². The quantitative estimate of drug-likeness (QED) is 0.655. The second kappa shape index (κ2) is 6.70. The predicted molar refractivity (Wildman–Crippen MR) is 70.0 cm³/mol. The Kier molecular flexibility index (Phi) is 5.55. The molecule has 1 rings (SSSR count). The maximum atomic E-state index is 11.7. The van der Waals surface area contributed by atoms with Crippen LogP contribution in [-0.2, 0) is 4.79 Å². The van der Waals surface area contributed by atoms with Crippen molar-refractivity contribution in [2.75, 3.05) is 19.6 Å². The lowest BCUT2D eigenvalue weighted by atomic mass is 9.93. The summed E-state index contributed by atoms with van der Waals surface area (Å²) in [5, 5.41) is 5.59. The van der Waals surface area contributed by atoms with Crippen molar-refractivity contribution in [3.63, 3.8) is 0 Å². The zero-order valence-electron chi connectivity index (χ0n) is 11.4. The molecule has 0 spiro atoms. The lowest BCUT2D eigenvalue weighted by Crippen LogP contribution is -2.55. The number of hydrogen-bond acceptors (Lipinski definition) is 4. The van der Waals surface area contributed by atoms with E-state index in [2.05, 4.69) is 29.4 Å². The van der Waals surface area contributed by atoms with Crippen LogP contribution in [0.15, 0.2) is 0 Å². The summed E-state index contributed by atoms with van der Waals surface area (Å²) in [4.78, 5) is 24.5. The summed E-state index contributed by atoms with van der Waals surface area (Å²) >= 11 is 0. The van der Waals surface area contributed by atoms with Crippen LogP contribution in [0.4, 0.5) is 4.79 Å². The third-order valence-electron chi connectivity index (χ3n) is 3.58. The molecule has 0 aliphatic carbocycles. The third-order valence-corrected chi connectivity index (χ3v) is 3.58. The van der Waals surface area contributed by atoms with Gasteiger partial charge < -0.3 is 11.1 Å². The fourth-order valence-electron chi connectivity index (χ4n) is 2.49. The van der Waals surface area contributed by atoms with Crippen LogP contribution in [-0.4, -0.2) is 48.6 Å². The average Bonchev–Trinajstić information content (AvgIpc) is 2.30. The molecule has 0 radical (unpaired) electrons. The van der Waals surface area contributed by atoms with E-state index in [9.17, 15) is 9.59 Å². The monoisotopic (exact) mass is 256 g/mol. The smallest absolute Gasteiger partial charge is 0.318 e. The lowest BCUT2D eigenvalue weighted by Gasteiger charge is -2.39. The Labute approximate surface area is 108 Å². The number of carbonyl (C=O) groups excluding carboxylic acids is 2. The molecule has 1 aliphatic heterocycles. The second-order valence-electron chi connectivity index (χ2n) is 4.95. The van der Waals surface area contributed by atoms with Gasteiger partial charge in [-0.3, -0.25) is 15.0 Å². The van der Waals surface area contributed by atoms with Gasteiger partial charge in [0.05, 0.1) is 6.04 Å². The fraction of sp³-hybridized carbons (Fsp3) is 0.833. The number of hydrogen-bond donors (Lipinski definition) is 3. The highest BCUT2D eigenvalue weighted by molar-refractivity contribution is 5.96. The zero-order valence-corrected chi connectivity index (χ0v) is 11.4. The van der Waals surface area contributed by atoms with Crippen molar-refractivity contribution in [2.24, 2.45) is 11.7 Å². The van der Waals surface area contributed by atoms with Crippen LogP contribution in [0, 0.1) is 5.92 Å². The van der Waals surface area contributed by atoms with Gasteiger partial charge in [0, 0.05) is 19.1 Å². The van der Waals surface area contributed by atoms with E-state index in [4.69, 9.17) is 5.73 Å². The molecule has 4 N–H and O–H groups in total. The van der Waals surface area contributed by atoms with E-state index >= 15 is 0 Å². The molecule has 0 aromatic carbocycles. The van der Waals surface area contributed by atoms with E-state index < -0.39 is 6.03 Å². The number of rotatable bonds is 4. The van der Waals surface area contributed by atoms with Crippen molar-refractivity contribution in [3.05, 3.63) is 0 Å². The molecule has 0 aromatic rings. The average molecular weight is 256 g/mol. The van der Waals surface area contributed by atoms with Crippen molar-refractivity contribution in [2.45, 2.75) is 39.3 Å². The van der Waals surface area contributed by atoms with E-state index in [-0.39, 0.29) is 11.9 Å². The summed E-state index contributed by atoms with van der Waals surface area (Å²) in [6.45, 7) is 8.76. The Hall–Kier alpha value is -1.14. The molecule has 1 aliphatic rings. The predicted octanol–water partition coefficient (Wildman–Crippen LogP) is -0.110. The van der Waals surface area contributed by atoms with Gasteiger partial charge in [-0.25, -0.2) is 4.79 Å². The first kappa shape index (κ1) is 14.9. The normalized spacial score (nSPS) is 26.6. The number of primary amides is 1. The topological polar surface area (TPSA) is 87.5 Å². The Morgan fingerprint density at radius 2 is 2.17 bits per heavy atom. The number of carbonyl (C=O) groups is 2. The number of imide groups is 1. The van der Waals surface area contributed by atoms with Crippen molar-refractivity contribution in [3.8, 4) is 0 Å². The van der Waals surface area contributed by atoms with Gasteiger partial charge in [-0.15, -0.1) is 0 Å². The molecule has 1 fully saturated rings. The van der Waals surface area contributed by atoms with Gasteiger partial charge in [0.2, 0.25) is 5.91 Å². The van der Waals surface area contributed by atoms with E-state index in [0.717, 1.165) is 26.1 Å². The van der Waals surface area contributed by atoms with Crippen molar-refractivity contribution >= 4 is 11.9 Å². The second-order valence-corrected chi connectivity index (χ2v) is 4.95. The molecule has 104 valence electrons. The molecule has 6 nitrogen and oxygen atoms in total. The summed E-state index contributed by atoms with van der Waals surface area (Å²) in [6.07, 6.45) is 1.02. The minimum atomic E-state index is -0.789. The summed E-state index contributed by atoms with van der Waals surface area (Å²) in [6, 6.07) is -0.595. The minimum Gasteiger partial charge on any atom is -0.351 e. The van der Waals surface area contributed by atoms with Crippen LogP contribution in [0.25, 0.3) is 0 Å². The van der Waals surface area contributed by atoms with Crippen LogP contribution in [0.3, 0.4) is 0 Å². The lowest BCUT2D eigenvalue weighted by molar-refractivity contribution is -0.125. The van der Waals surface area contributed by atoms with Crippen LogP contribution in [0.5, 0.6) is 0 Å². The van der Waals surface area contributed by atoms with E-state index in [0.29, 0.717) is 12.0 Å². The maximum absolute atomic E-state index is 11.7. The molecule has 0 saturated carbocycles. The highest BCUT2D eigenvalue weighted by Crippen LogP contribution is 2.18. The van der Waals surface area contributed by atoms with Crippen LogP contribution in [0.2, 0.25) is 0 Å². The molecule has 0 bridgehead atoms. The number of piperidine rings is 1. The van der Waals surface area contributed by atoms with Gasteiger partial charge >= 0.3 is 6.03 Å². The summed E-state index contributed by atoms with van der Waals surface area (Å²) in [7, 11) is 0. The number of likely N-dealkylation sites (tertiary alicyclic amines) is 1. The van der Waals surface area contributed by atoms with Crippen molar-refractivity contribution in [1.29, 1.82) is 0 Å². The van der Waals surface area contributed by atoms with Gasteiger partial charge in [0.15, 0.2) is 0 Å². The van der Waals surface area contributed by atoms with Gasteiger partial charge in [-0.05, 0) is 25.8 Å². The number of nitrogens with two attached hydrogens (primary N) is 1. The maximum Gasteiger partial charge on any atom is 0.318 e. The molecular weight excluding hydrogens is 232 g/mol. The summed E-state index contributed by atoms with van der Waals surface area (Å²) < 4.78 is 0. The Morgan fingerprint density at radius 3 is 2.67 bits per heavy atom. The largest absolute Gasteiger partial charge is 0.351 e. The van der Waals surface area contributed by atoms with Gasteiger partial charge in [-0.2, -0.15) is 0 Å². The molecule has 3 amide bonds. The van der Waals surface area contributed by atoms with Gasteiger partial charge in [0.25, 0.3) is 0 Å². The van der Waals surface area contributed by atoms with Crippen LogP contribution in [0.1, 0.15) is 27.2 Å². The highest BCUT2D eigenvalue weighted by Gasteiger charge is 2.30. The Bertz CT molecular complexity index is 308. The third kappa shape index (κ3) is 3.96. The molecule has 0 aromatic heterocycles. The number of nitrogens with zero attached hydrogens (tertiary/aromatic N) is 1. The van der Waals surface area contributed by atoms with E-state index in [1.165, 1.54) is 0 Å². The molecule has 6 heteroatoms. The minimum absolute atomic E-state index is 0.317. The Morgan fingerprint density at radius 1 is 1.50 bits per heavy atom. The highest BCUT2D eigenvalue weighted by atomic mass is 16.2. The molecule has 1 saturated heterocycles. The number of nitrogens with one attached hydrogen (secondary N) is 2. The van der Waals surface area contributed by atoms with Crippen molar-refractivity contribution in [1.82, 2.24) is 15.5 Å². The molecule has 1 heterocycles. The van der Waals surface area contributed by atoms with Gasteiger partial charge in [0.1, 0.15) is 0 Å². The Balaban J connectivity index is 2.49. The summed E-state index contributed by atoms with van der Waals surface area (Å²) in [5.74, 6) is 0.166. The molecule has 3 atom stereocenters. The van der Waals surface area contributed by atoms with E-state index in [1.807, 2.05) is 0 Å². The van der Waals surface area contributed by atoms with E-state index in [1.54, 1.807) is 6.92 Å². The first-order valence-electron chi connectivity index (χ1n) is 6.53. The molecule has 3 unspecified atom stereocenters. The standard InChI is InChI=1S/C12H24N4O2/c1-4-14-10-5-6-16(7-8(10)2)9(3)11(17)15-12(13)18/h8-10,14H,4-7H2,1-3H3,(H3,13,15,17,18). The molecule has 18 heavy (non-hydrogen) atoms. The number of amides is 3. The van der Waals surface area contributed by atoms with Crippen LogP contribution < -0.4 is 16.4 Å². The first-order valence-corrected chi connectivity index (χ1v) is 6.53. The fourth-order valence-corrected chi connectivity index (χ4v) is 2.49.